The SMILES string of the molecule is CC(C(N)=O)n1c(CCCl)nc2cc(Cl)c(Cl)cc21. The number of primary amides is 1. The van der Waals surface area contributed by atoms with Crippen LogP contribution in [0.4, 0.5) is 0 Å². The topological polar surface area (TPSA) is 60.9 Å². The number of nitrogens with two attached hydrogens (primary N) is 1. The number of rotatable bonds is 4. The molecule has 0 aliphatic carbocycles. The number of fused-ring (bicyclic) bond motifs is 1. The summed E-state index contributed by atoms with van der Waals surface area (Å²) in [6.45, 7) is 1.71. The summed E-state index contributed by atoms with van der Waals surface area (Å²) in [5.74, 6) is 0.645. The van der Waals surface area contributed by atoms with Crippen molar-refractivity contribution in [3.63, 3.8) is 0 Å². The lowest BCUT2D eigenvalue weighted by Crippen LogP contribution is -2.25. The molecule has 0 aliphatic heterocycles. The van der Waals surface area contributed by atoms with Crippen LogP contribution in [0.1, 0.15) is 18.8 Å². The van der Waals surface area contributed by atoms with E-state index in [0.29, 0.717) is 33.7 Å². The molecule has 0 radical (unpaired) electrons. The van der Waals surface area contributed by atoms with Crippen LogP contribution in [0.3, 0.4) is 0 Å². The van der Waals surface area contributed by atoms with Crippen LogP contribution in [0, 0.1) is 0 Å². The molecule has 0 bridgehead atoms. The third kappa shape index (κ3) is 2.66. The Labute approximate surface area is 125 Å². The Hall–Kier alpha value is -0.970. The highest BCUT2D eigenvalue weighted by atomic mass is 35.5. The summed E-state index contributed by atoms with van der Waals surface area (Å²) in [6.07, 6.45) is 0.531. The number of alkyl halides is 1. The smallest absolute Gasteiger partial charge is 0.240 e. The van der Waals surface area contributed by atoms with Gasteiger partial charge in [0.2, 0.25) is 5.91 Å². The first-order valence-corrected chi connectivity index (χ1v) is 6.96. The molecule has 1 heterocycles. The van der Waals surface area contributed by atoms with E-state index >= 15 is 0 Å². The third-order valence-electron chi connectivity index (χ3n) is 2.92. The van der Waals surface area contributed by atoms with Crippen LogP contribution >= 0.6 is 34.8 Å². The lowest BCUT2D eigenvalue weighted by molar-refractivity contribution is -0.120. The summed E-state index contributed by atoms with van der Waals surface area (Å²) < 4.78 is 1.75. The van der Waals surface area contributed by atoms with Gasteiger partial charge >= 0.3 is 0 Å². The van der Waals surface area contributed by atoms with E-state index in [9.17, 15) is 4.79 Å². The minimum atomic E-state index is -0.527. The Morgan fingerprint density at radius 1 is 1.42 bits per heavy atom. The van der Waals surface area contributed by atoms with Crippen molar-refractivity contribution in [1.82, 2.24) is 9.55 Å². The first kappa shape index (κ1) is 14.4. The molecule has 2 N–H and O–H groups in total. The summed E-state index contributed by atoms with van der Waals surface area (Å²) in [5.41, 5.74) is 6.76. The molecule has 1 aromatic carbocycles. The Balaban J connectivity index is 2.72. The first-order chi connectivity index (χ1) is 8.95. The number of aryl methyl sites for hydroxylation is 1. The number of hydrogen-bond acceptors (Lipinski definition) is 2. The molecule has 0 aliphatic rings. The van der Waals surface area contributed by atoms with Crippen LogP contribution in [0.5, 0.6) is 0 Å². The maximum atomic E-state index is 11.4. The number of nitrogens with zero attached hydrogens (tertiary/aromatic N) is 2. The van der Waals surface area contributed by atoms with Crippen molar-refractivity contribution in [3.8, 4) is 0 Å². The molecule has 1 aromatic heterocycles. The molecule has 4 nitrogen and oxygen atoms in total. The van der Waals surface area contributed by atoms with Crippen molar-refractivity contribution in [1.29, 1.82) is 0 Å². The Morgan fingerprint density at radius 2 is 2.05 bits per heavy atom. The zero-order valence-electron chi connectivity index (χ0n) is 10.2. The molecule has 102 valence electrons. The summed E-state index contributed by atoms with van der Waals surface area (Å²) in [7, 11) is 0. The number of halogens is 3. The predicted molar refractivity (Wildman–Crippen MR) is 78.1 cm³/mol. The summed E-state index contributed by atoms with van der Waals surface area (Å²) in [4.78, 5) is 15.9. The fourth-order valence-corrected chi connectivity index (χ4v) is 2.45. The lowest BCUT2D eigenvalue weighted by Gasteiger charge is -2.14. The normalized spacial score (nSPS) is 12.8. The van der Waals surface area contributed by atoms with Crippen LogP contribution in [0.2, 0.25) is 10.0 Å². The van der Waals surface area contributed by atoms with Crippen LogP contribution in [0.25, 0.3) is 11.0 Å². The van der Waals surface area contributed by atoms with Gasteiger partial charge in [-0.05, 0) is 19.1 Å². The molecule has 0 saturated heterocycles. The Bertz CT molecular complexity index is 639. The Kier molecular flexibility index (Phi) is 4.23. The monoisotopic (exact) mass is 319 g/mol. The fourth-order valence-electron chi connectivity index (χ4n) is 1.96. The summed E-state index contributed by atoms with van der Waals surface area (Å²) in [5, 5.41) is 0.826. The van der Waals surface area contributed by atoms with E-state index < -0.39 is 11.9 Å². The molecule has 1 atom stereocenters. The van der Waals surface area contributed by atoms with Crippen LogP contribution in [-0.4, -0.2) is 21.3 Å². The van der Waals surface area contributed by atoms with Crippen molar-refractivity contribution >= 4 is 51.7 Å². The van der Waals surface area contributed by atoms with Crippen LogP contribution in [-0.2, 0) is 11.2 Å². The molecule has 0 saturated carbocycles. The highest BCUT2D eigenvalue weighted by Gasteiger charge is 2.20. The van der Waals surface area contributed by atoms with E-state index in [1.807, 2.05) is 0 Å². The quantitative estimate of drug-likeness (QED) is 0.880. The molecular formula is C12H12Cl3N3O. The molecule has 19 heavy (non-hydrogen) atoms. The van der Waals surface area contributed by atoms with E-state index in [1.54, 1.807) is 23.6 Å². The van der Waals surface area contributed by atoms with Gasteiger partial charge in [0.15, 0.2) is 0 Å². The van der Waals surface area contributed by atoms with Gasteiger partial charge in [0.1, 0.15) is 11.9 Å². The maximum Gasteiger partial charge on any atom is 0.240 e. The van der Waals surface area contributed by atoms with Gasteiger partial charge in [0.25, 0.3) is 0 Å². The van der Waals surface area contributed by atoms with Gasteiger partial charge in [-0.1, -0.05) is 23.2 Å². The largest absolute Gasteiger partial charge is 0.368 e. The fraction of sp³-hybridized carbons (Fsp3) is 0.333. The number of amides is 1. The number of carbonyl (C=O) groups is 1. The summed E-state index contributed by atoms with van der Waals surface area (Å²) in [6, 6.07) is 2.82. The van der Waals surface area contributed by atoms with Gasteiger partial charge in [-0.3, -0.25) is 4.79 Å². The predicted octanol–water partition coefficient (Wildman–Crippen LogP) is 3.17. The highest BCUT2D eigenvalue weighted by molar-refractivity contribution is 6.42. The van der Waals surface area contributed by atoms with Crippen LogP contribution < -0.4 is 5.73 Å². The molecule has 2 rings (SSSR count). The van der Waals surface area contributed by atoms with Gasteiger partial charge in [0.05, 0.1) is 21.1 Å². The van der Waals surface area contributed by atoms with E-state index in [0.717, 1.165) is 5.52 Å². The lowest BCUT2D eigenvalue weighted by atomic mass is 10.2. The number of aromatic nitrogens is 2. The zero-order chi connectivity index (χ0) is 14.2. The van der Waals surface area contributed by atoms with Crippen molar-refractivity contribution in [3.05, 3.63) is 28.0 Å². The minimum absolute atomic E-state index is 0.399. The second kappa shape index (κ2) is 5.57. The second-order valence-electron chi connectivity index (χ2n) is 4.17. The Morgan fingerprint density at radius 3 is 2.63 bits per heavy atom. The van der Waals surface area contributed by atoms with Crippen molar-refractivity contribution < 1.29 is 4.79 Å². The molecule has 0 spiro atoms. The minimum Gasteiger partial charge on any atom is -0.368 e. The number of benzene rings is 1. The summed E-state index contributed by atoms with van der Waals surface area (Å²) >= 11 is 17.7. The molecule has 7 heteroatoms. The average molecular weight is 321 g/mol. The standard InChI is InChI=1S/C12H12Cl3N3O/c1-6(12(16)19)18-10-5-8(15)7(14)4-9(10)17-11(18)2-3-13/h4-6H,2-3H2,1H3,(H2,16,19). The van der Waals surface area contributed by atoms with E-state index in [2.05, 4.69) is 4.98 Å². The molecular weight excluding hydrogens is 309 g/mol. The number of carbonyl (C=O) groups excluding carboxylic acids is 1. The van der Waals surface area contributed by atoms with Gasteiger partial charge in [-0.15, -0.1) is 11.6 Å². The van der Waals surface area contributed by atoms with Gasteiger partial charge in [-0.25, -0.2) is 4.98 Å². The van der Waals surface area contributed by atoms with Gasteiger partial charge < -0.3 is 10.3 Å². The average Bonchev–Trinajstić information content (AvgIpc) is 2.66. The number of hydrogen-bond donors (Lipinski definition) is 1. The molecule has 1 unspecified atom stereocenters. The van der Waals surface area contributed by atoms with Crippen molar-refractivity contribution in [2.45, 2.75) is 19.4 Å². The zero-order valence-corrected chi connectivity index (χ0v) is 12.4. The third-order valence-corrected chi connectivity index (χ3v) is 3.83. The van der Waals surface area contributed by atoms with E-state index in [1.165, 1.54) is 0 Å². The molecule has 0 fully saturated rings. The molecule has 1 amide bonds. The van der Waals surface area contributed by atoms with E-state index in [4.69, 9.17) is 40.5 Å². The first-order valence-electron chi connectivity index (χ1n) is 5.66. The number of imidazole rings is 1. The van der Waals surface area contributed by atoms with Crippen LogP contribution in [0.15, 0.2) is 12.1 Å². The van der Waals surface area contributed by atoms with Crippen molar-refractivity contribution in [2.24, 2.45) is 5.73 Å². The maximum absolute atomic E-state index is 11.4. The molecule has 2 aromatic rings. The van der Waals surface area contributed by atoms with Crippen molar-refractivity contribution in [2.75, 3.05) is 5.88 Å². The van der Waals surface area contributed by atoms with Gasteiger partial charge in [0, 0.05) is 12.3 Å². The highest BCUT2D eigenvalue weighted by Crippen LogP contribution is 2.30. The van der Waals surface area contributed by atoms with E-state index in [-0.39, 0.29) is 0 Å². The second-order valence-corrected chi connectivity index (χ2v) is 5.36. The van der Waals surface area contributed by atoms with Gasteiger partial charge in [-0.2, -0.15) is 0 Å².